The molecule has 2 saturated carbocycles. The van der Waals surface area contributed by atoms with Crippen molar-refractivity contribution in [1.82, 2.24) is 5.32 Å². The van der Waals surface area contributed by atoms with E-state index < -0.39 is 0 Å². The Bertz CT molecular complexity index is 361. The van der Waals surface area contributed by atoms with Gasteiger partial charge in [0.1, 0.15) is 0 Å². The Morgan fingerprint density at radius 2 is 2.18 bits per heavy atom. The first-order chi connectivity index (χ1) is 7.83. The molecule has 0 aromatic rings. The highest BCUT2D eigenvalue weighted by Crippen LogP contribution is 2.44. The van der Waals surface area contributed by atoms with E-state index in [1.807, 2.05) is 18.2 Å². The highest BCUT2D eigenvalue weighted by Gasteiger charge is 2.39. The number of nitrogens with one attached hydrogen (secondary N) is 1. The molecule has 3 rings (SSSR count). The topological polar surface area (TPSA) is 29.1 Å². The lowest BCUT2D eigenvalue weighted by atomic mass is 9.94. The van der Waals surface area contributed by atoms with E-state index in [-0.39, 0.29) is 18.2 Å². The van der Waals surface area contributed by atoms with Crippen molar-refractivity contribution in [3.05, 3.63) is 23.8 Å². The number of carbonyl (C=O) groups excluding carboxylic acids is 1. The van der Waals surface area contributed by atoms with E-state index in [0.29, 0.717) is 12.5 Å². The summed E-state index contributed by atoms with van der Waals surface area (Å²) in [5, 5.41) is 3.59. The Labute approximate surface area is 109 Å². The molecule has 1 N–H and O–H groups in total. The van der Waals surface area contributed by atoms with Crippen molar-refractivity contribution in [3.8, 4) is 0 Å². The summed E-state index contributed by atoms with van der Waals surface area (Å²) in [7, 11) is 0. The predicted molar refractivity (Wildman–Crippen MR) is 71.3 cm³/mol. The van der Waals surface area contributed by atoms with Crippen molar-refractivity contribution in [2.75, 3.05) is 6.54 Å². The summed E-state index contributed by atoms with van der Waals surface area (Å²) in [6.07, 6.45) is 12.1. The van der Waals surface area contributed by atoms with Crippen molar-refractivity contribution in [1.29, 1.82) is 0 Å². The lowest BCUT2D eigenvalue weighted by molar-refractivity contribution is -0.114. The van der Waals surface area contributed by atoms with Crippen molar-refractivity contribution in [3.63, 3.8) is 0 Å². The molecule has 0 saturated heterocycles. The molecule has 3 unspecified atom stereocenters. The first kappa shape index (κ1) is 12.8. The van der Waals surface area contributed by atoms with E-state index in [1.54, 1.807) is 0 Å². The summed E-state index contributed by atoms with van der Waals surface area (Å²) in [5.41, 5.74) is 0.963. The Morgan fingerprint density at radius 3 is 2.82 bits per heavy atom. The Hall–Kier alpha value is -0.600. The van der Waals surface area contributed by atoms with Crippen LogP contribution in [0.4, 0.5) is 0 Å². The van der Waals surface area contributed by atoms with Crippen molar-refractivity contribution in [2.45, 2.75) is 38.1 Å². The molecule has 3 atom stereocenters. The molecule has 0 amide bonds. The molecular formula is C14H20ClNO. The summed E-state index contributed by atoms with van der Waals surface area (Å²) in [6, 6.07) is 0.679. The first-order valence-electron chi connectivity index (χ1n) is 6.45. The van der Waals surface area contributed by atoms with Crippen LogP contribution in [0.15, 0.2) is 23.8 Å². The third kappa shape index (κ3) is 2.63. The fraction of sp³-hybridized carbons (Fsp3) is 0.643. The maximum atomic E-state index is 11.6. The molecule has 2 fully saturated rings. The van der Waals surface area contributed by atoms with E-state index in [1.165, 1.54) is 25.7 Å². The highest BCUT2D eigenvalue weighted by molar-refractivity contribution is 5.98. The molecule has 0 aromatic carbocycles. The molecular weight excluding hydrogens is 234 g/mol. The van der Waals surface area contributed by atoms with Gasteiger partial charge in [-0.25, -0.2) is 0 Å². The second-order valence-electron chi connectivity index (χ2n) is 5.41. The van der Waals surface area contributed by atoms with Crippen LogP contribution in [0.5, 0.6) is 0 Å². The van der Waals surface area contributed by atoms with Crippen molar-refractivity contribution < 1.29 is 4.79 Å². The summed E-state index contributed by atoms with van der Waals surface area (Å²) in [6.45, 7) is 0.775. The molecule has 0 aromatic heterocycles. The summed E-state index contributed by atoms with van der Waals surface area (Å²) in [5.74, 6) is 2.15. The SMILES string of the molecule is Cl.O=C1CC=CC=C1CNC1CC2CCC1C2. The van der Waals surface area contributed by atoms with Gasteiger partial charge in [0, 0.05) is 24.6 Å². The van der Waals surface area contributed by atoms with Crippen LogP contribution in [0.25, 0.3) is 0 Å². The highest BCUT2D eigenvalue weighted by atomic mass is 35.5. The summed E-state index contributed by atoms with van der Waals surface area (Å²) in [4.78, 5) is 11.6. The third-order valence-electron chi connectivity index (χ3n) is 4.39. The fourth-order valence-corrected chi connectivity index (χ4v) is 3.48. The molecule has 0 heterocycles. The Balaban J connectivity index is 0.00000108. The first-order valence-corrected chi connectivity index (χ1v) is 6.45. The standard InChI is InChI=1S/C14H19NO.ClH/c16-14-4-2-1-3-12(14)9-15-13-8-10-5-6-11(13)7-10;/h1-3,10-11,13,15H,4-9H2;1H. The average molecular weight is 254 g/mol. The number of Topliss-reactive ketones (excluding diaryl/α,β-unsaturated/α-hetero) is 1. The molecule has 17 heavy (non-hydrogen) atoms. The zero-order valence-electron chi connectivity index (χ0n) is 10.0. The molecule has 2 bridgehead atoms. The largest absolute Gasteiger partial charge is 0.310 e. The van der Waals surface area contributed by atoms with Gasteiger partial charge in [-0.2, -0.15) is 0 Å². The van der Waals surface area contributed by atoms with Crippen LogP contribution in [-0.4, -0.2) is 18.4 Å². The van der Waals surface area contributed by atoms with Crippen LogP contribution in [-0.2, 0) is 4.79 Å². The second kappa shape index (κ2) is 5.36. The van der Waals surface area contributed by atoms with Gasteiger partial charge < -0.3 is 5.32 Å². The number of carbonyl (C=O) groups is 1. The van der Waals surface area contributed by atoms with Gasteiger partial charge in [-0.1, -0.05) is 24.6 Å². The maximum absolute atomic E-state index is 11.6. The zero-order valence-corrected chi connectivity index (χ0v) is 10.8. The minimum atomic E-state index is 0. The van der Waals surface area contributed by atoms with E-state index in [0.717, 1.165) is 24.0 Å². The number of halogens is 1. The number of ketones is 1. The van der Waals surface area contributed by atoms with E-state index in [9.17, 15) is 4.79 Å². The quantitative estimate of drug-likeness (QED) is 0.838. The molecule has 94 valence electrons. The van der Waals surface area contributed by atoms with Crippen LogP contribution < -0.4 is 5.32 Å². The predicted octanol–water partition coefficient (Wildman–Crippen LogP) is 2.64. The van der Waals surface area contributed by atoms with Crippen LogP contribution in [0.2, 0.25) is 0 Å². The molecule has 2 nitrogen and oxygen atoms in total. The zero-order chi connectivity index (χ0) is 11.0. The van der Waals surface area contributed by atoms with Crippen LogP contribution in [0, 0.1) is 11.8 Å². The lowest BCUT2D eigenvalue weighted by Crippen LogP contribution is -2.36. The second-order valence-corrected chi connectivity index (χ2v) is 5.41. The van der Waals surface area contributed by atoms with Crippen LogP contribution in [0.3, 0.4) is 0 Å². The average Bonchev–Trinajstić information content (AvgIpc) is 2.90. The molecule has 0 spiro atoms. The Kier molecular flexibility index (Phi) is 4.05. The normalized spacial score (nSPS) is 34.7. The Morgan fingerprint density at radius 1 is 1.29 bits per heavy atom. The minimum Gasteiger partial charge on any atom is -0.310 e. The maximum Gasteiger partial charge on any atom is 0.163 e. The molecule has 3 heteroatoms. The number of rotatable bonds is 3. The van der Waals surface area contributed by atoms with Gasteiger partial charge in [0.25, 0.3) is 0 Å². The van der Waals surface area contributed by atoms with Gasteiger partial charge in [-0.3, -0.25) is 4.79 Å². The van der Waals surface area contributed by atoms with Crippen molar-refractivity contribution >= 4 is 18.2 Å². The van der Waals surface area contributed by atoms with Crippen LogP contribution >= 0.6 is 12.4 Å². The smallest absolute Gasteiger partial charge is 0.163 e. The summed E-state index contributed by atoms with van der Waals surface area (Å²) >= 11 is 0. The van der Waals surface area contributed by atoms with Gasteiger partial charge in [-0.05, 0) is 31.1 Å². The van der Waals surface area contributed by atoms with Gasteiger partial charge in [-0.15, -0.1) is 12.4 Å². The number of allylic oxidation sites excluding steroid dienone is 3. The number of hydrogen-bond acceptors (Lipinski definition) is 2. The monoisotopic (exact) mass is 253 g/mol. The van der Waals surface area contributed by atoms with E-state index >= 15 is 0 Å². The molecule has 3 aliphatic carbocycles. The molecule has 0 radical (unpaired) electrons. The lowest BCUT2D eigenvalue weighted by Gasteiger charge is -2.23. The van der Waals surface area contributed by atoms with E-state index in [2.05, 4.69) is 5.32 Å². The molecule has 3 aliphatic rings. The minimum absolute atomic E-state index is 0. The fourth-order valence-electron chi connectivity index (χ4n) is 3.48. The third-order valence-corrected chi connectivity index (χ3v) is 4.39. The number of hydrogen-bond donors (Lipinski definition) is 1. The number of fused-ring (bicyclic) bond motifs is 2. The van der Waals surface area contributed by atoms with Gasteiger partial charge in [0.2, 0.25) is 0 Å². The van der Waals surface area contributed by atoms with Gasteiger partial charge in [0.05, 0.1) is 0 Å². The molecule has 0 aliphatic heterocycles. The van der Waals surface area contributed by atoms with E-state index in [4.69, 9.17) is 0 Å². The van der Waals surface area contributed by atoms with Crippen LogP contribution in [0.1, 0.15) is 32.1 Å². The van der Waals surface area contributed by atoms with Gasteiger partial charge in [0.15, 0.2) is 5.78 Å². The summed E-state index contributed by atoms with van der Waals surface area (Å²) < 4.78 is 0. The van der Waals surface area contributed by atoms with Crippen molar-refractivity contribution in [2.24, 2.45) is 11.8 Å². The van der Waals surface area contributed by atoms with Gasteiger partial charge >= 0.3 is 0 Å².